The van der Waals surface area contributed by atoms with Crippen molar-refractivity contribution in [1.29, 1.82) is 0 Å². The fourth-order valence-corrected chi connectivity index (χ4v) is 3.83. The summed E-state index contributed by atoms with van der Waals surface area (Å²) in [7, 11) is 0. The summed E-state index contributed by atoms with van der Waals surface area (Å²) in [6.45, 7) is 9.00. The van der Waals surface area contributed by atoms with Crippen LogP contribution in [0.25, 0.3) is 27.3 Å². The van der Waals surface area contributed by atoms with Crippen LogP contribution < -0.4 is 10.9 Å². The highest BCUT2D eigenvalue weighted by Gasteiger charge is 2.18. The van der Waals surface area contributed by atoms with Gasteiger partial charge in [-0.15, -0.1) is 0 Å². The fraction of sp³-hybridized carbons (Fsp3) is 0.174. The summed E-state index contributed by atoms with van der Waals surface area (Å²) in [5.74, 6) is 0.393. The fourth-order valence-electron chi connectivity index (χ4n) is 3.62. The average molecular weight is 434 g/mol. The number of aliphatic hydroxyl groups excluding tert-OH is 1. The van der Waals surface area contributed by atoms with E-state index in [0.29, 0.717) is 45.2 Å². The Morgan fingerprint density at radius 1 is 1.29 bits per heavy atom. The van der Waals surface area contributed by atoms with Gasteiger partial charge in [0.15, 0.2) is 5.69 Å². The predicted octanol–water partition coefficient (Wildman–Crippen LogP) is 4.45. The summed E-state index contributed by atoms with van der Waals surface area (Å²) >= 11 is 6.07. The number of benzene rings is 2. The minimum absolute atomic E-state index is 0.133. The van der Waals surface area contributed by atoms with Crippen LogP contribution in [-0.2, 0) is 6.42 Å². The number of aliphatic hydroxyl groups is 1. The number of aromatic amines is 2. The maximum absolute atomic E-state index is 12.7. The number of halogens is 1. The quantitative estimate of drug-likeness (QED) is 0.338. The Kier molecular flexibility index (Phi) is 5.76. The smallest absolute Gasteiger partial charge is 0.261 e. The molecule has 4 N–H and O–H groups in total. The van der Waals surface area contributed by atoms with Gasteiger partial charge in [-0.3, -0.25) is 4.79 Å². The summed E-state index contributed by atoms with van der Waals surface area (Å²) in [4.78, 5) is 26.7. The van der Waals surface area contributed by atoms with Crippen LogP contribution in [0.3, 0.4) is 0 Å². The molecule has 8 heteroatoms. The highest BCUT2D eigenvalue weighted by molar-refractivity contribution is 6.30. The Morgan fingerprint density at radius 2 is 2.13 bits per heavy atom. The van der Waals surface area contributed by atoms with Crippen molar-refractivity contribution in [1.82, 2.24) is 15.0 Å². The van der Waals surface area contributed by atoms with E-state index in [1.807, 2.05) is 25.1 Å². The molecule has 0 radical (unpaired) electrons. The zero-order chi connectivity index (χ0) is 22.0. The van der Waals surface area contributed by atoms with Gasteiger partial charge in [0.25, 0.3) is 5.56 Å². The highest BCUT2D eigenvalue weighted by atomic mass is 35.5. The molecule has 0 unspecified atom stereocenters. The van der Waals surface area contributed by atoms with Crippen molar-refractivity contribution in [3.63, 3.8) is 0 Å². The lowest BCUT2D eigenvalue weighted by Crippen LogP contribution is -2.28. The van der Waals surface area contributed by atoms with Crippen molar-refractivity contribution in [2.75, 3.05) is 11.9 Å². The summed E-state index contributed by atoms with van der Waals surface area (Å²) in [6.07, 6.45) is 2.07. The SMILES string of the molecule is [C-]#[N+]c1cc(C)c2nc(-c3c(N[C@H](CO)Cc4cccc(Cl)c4)cc[nH]c3=O)[nH]c2c1. The molecule has 0 amide bonds. The predicted molar refractivity (Wildman–Crippen MR) is 123 cm³/mol. The Labute approximate surface area is 183 Å². The van der Waals surface area contributed by atoms with Crippen molar-refractivity contribution in [2.24, 2.45) is 0 Å². The summed E-state index contributed by atoms with van der Waals surface area (Å²) in [5.41, 5.74) is 4.29. The first-order valence-corrected chi connectivity index (χ1v) is 10.1. The molecular weight excluding hydrogens is 414 g/mol. The van der Waals surface area contributed by atoms with Crippen molar-refractivity contribution in [3.05, 3.63) is 86.6 Å². The molecule has 0 saturated carbocycles. The standard InChI is InChI=1S/C23H20ClN5O2/c1-13-8-16(25-2)11-19-21(13)29-22(28-19)20-18(6-7-26-23(20)31)27-17(12-30)10-14-4-3-5-15(24)9-14/h3-9,11,17,30H,10,12H2,1H3,(H,28,29)(H2,26,27,31)/t17-/m0/s1. The lowest BCUT2D eigenvalue weighted by Gasteiger charge is -2.19. The first-order valence-electron chi connectivity index (χ1n) is 9.70. The topological polar surface area (TPSA) is 98.2 Å². The van der Waals surface area contributed by atoms with Gasteiger partial charge < -0.3 is 20.4 Å². The Morgan fingerprint density at radius 3 is 2.87 bits per heavy atom. The van der Waals surface area contributed by atoms with Gasteiger partial charge in [-0.1, -0.05) is 29.8 Å². The molecule has 156 valence electrons. The van der Waals surface area contributed by atoms with Crippen molar-refractivity contribution in [2.45, 2.75) is 19.4 Å². The number of fused-ring (bicyclic) bond motifs is 1. The van der Waals surface area contributed by atoms with E-state index < -0.39 is 0 Å². The molecule has 4 aromatic rings. The van der Waals surface area contributed by atoms with E-state index in [1.54, 1.807) is 30.5 Å². The second-order valence-electron chi connectivity index (χ2n) is 7.31. The lowest BCUT2D eigenvalue weighted by atomic mass is 10.1. The van der Waals surface area contributed by atoms with Crippen LogP contribution in [0.2, 0.25) is 5.02 Å². The summed E-state index contributed by atoms with van der Waals surface area (Å²) in [5, 5.41) is 13.8. The summed E-state index contributed by atoms with van der Waals surface area (Å²) in [6, 6.07) is 12.3. The van der Waals surface area contributed by atoms with Gasteiger partial charge in [-0.25, -0.2) is 9.83 Å². The zero-order valence-electron chi connectivity index (χ0n) is 16.7. The van der Waals surface area contributed by atoms with Crippen molar-refractivity contribution >= 4 is 34.0 Å². The van der Waals surface area contributed by atoms with E-state index in [-0.39, 0.29) is 18.2 Å². The van der Waals surface area contributed by atoms with E-state index >= 15 is 0 Å². The van der Waals surface area contributed by atoms with Crippen LogP contribution in [0, 0.1) is 13.5 Å². The highest BCUT2D eigenvalue weighted by Crippen LogP contribution is 2.29. The van der Waals surface area contributed by atoms with Crippen LogP contribution >= 0.6 is 11.6 Å². The number of hydrogen-bond acceptors (Lipinski definition) is 4. The molecule has 2 aromatic heterocycles. The van der Waals surface area contributed by atoms with Crippen molar-refractivity contribution < 1.29 is 5.11 Å². The molecule has 31 heavy (non-hydrogen) atoms. The number of H-pyrrole nitrogens is 2. The van der Waals surface area contributed by atoms with Crippen LogP contribution in [0.1, 0.15) is 11.1 Å². The van der Waals surface area contributed by atoms with Gasteiger partial charge in [0, 0.05) is 11.2 Å². The first kappa shape index (κ1) is 20.7. The molecule has 2 heterocycles. The van der Waals surface area contributed by atoms with E-state index in [2.05, 4.69) is 25.1 Å². The van der Waals surface area contributed by atoms with Gasteiger partial charge >= 0.3 is 0 Å². The maximum Gasteiger partial charge on any atom is 0.261 e. The largest absolute Gasteiger partial charge is 0.394 e. The second-order valence-corrected chi connectivity index (χ2v) is 7.75. The number of hydrogen-bond donors (Lipinski definition) is 4. The van der Waals surface area contributed by atoms with Gasteiger partial charge in [0.2, 0.25) is 0 Å². The molecule has 7 nitrogen and oxygen atoms in total. The monoisotopic (exact) mass is 433 g/mol. The number of aryl methyl sites for hydroxylation is 1. The minimum atomic E-state index is -0.334. The third kappa shape index (κ3) is 4.31. The molecule has 1 atom stereocenters. The first-order chi connectivity index (χ1) is 15.0. The molecule has 0 saturated heterocycles. The normalized spacial score (nSPS) is 11.9. The van der Waals surface area contributed by atoms with Crippen LogP contribution in [0.4, 0.5) is 11.4 Å². The van der Waals surface area contributed by atoms with Crippen LogP contribution in [0.15, 0.2) is 53.5 Å². The third-order valence-electron chi connectivity index (χ3n) is 5.04. The molecular formula is C23H20ClN5O2. The molecule has 0 bridgehead atoms. The van der Waals surface area contributed by atoms with Crippen LogP contribution in [-0.4, -0.2) is 32.7 Å². The number of pyridine rings is 1. The maximum atomic E-state index is 12.7. The molecule has 0 aliphatic rings. The molecule has 0 aliphatic carbocycles. The average Bonchev–Trinajstić information content (AvgIpc) is 3.17. The number of imidazole rings is 1. The Bertz CT molecular complexity index is 1350. The number of nitrogens with one attached hydrogen (secondary N) is 3. The van der Waals surface area contributed by atoms with E-state index in [0.717, 1.165) is 11.1 Å². The van der Waals surface area contributed by atoms with E-state index in [1.165, 1.54) is 0 Å². The molecule has 2 aromatic carbocycles. The van der Waals surface area contributed by atoms with E-state index in [9.17, 15) is 9.90 Å². The Hall–Kier alpha value is -3.60. The molecule has 0 aliphatic heterocycles. The zero-order valence-corrected chi connectivity index (χ0v) is 17.5. The van der Waals surface area contributed by atoms with Gasteiger partial charge in [0.1, 0.15) is 11.4 Å². The molecule has 0 fully saturated rings. The Balaban J connectivity index is 1.72. The van der Waals surface area contributed by atoms with Crippen LogP contribution in [0.5, 0.6) is 0 Å². The van der Waals surface area contributed by atoms with E-state index in [4.69, 9.17) is 18.2 Å². The number of nitrogens with zero attached hydrogens (tertiary/aromatic N) is 2. The number of rotatable bonds is 6. The molecule has 0 spiro atoms. The van der Waals surface area contributed by atoms with Gasteiger partial charge in [-0.2, -0.15) is 0 Å². The summed E-state index contributed by atoms with van der Waals surface area (Å²) < 4.78 is 0. The second kappa shape index (κ2) is 8.64. The molecule has 4 rings (SSSR count). The lowest BCUT2D eigenvalue weighted by molar-refractivity contribution is 0.274. The number of aromatic nitrogens is 3. The van der Waals surface area contributed by atoms with Gasteiger partial charge in [-0.05, 0) is 48.7 Å². The number of anilines is 1. The van der Waals surface area contributed by atoms with Crippen molar-refractivity contribution in [3.8, 4) is 11.4 Å². The third-order valence-corrected chi connectivity index (χ3v) is 5.27. The minimum Gasteiger partial charge on any atom is -0.394 e. The van der Waals surface area contributed by atoms with Gasteiger partial charge in [0.05, 0.1) is 35.9 Å².